The number of carbonyl (C=O) groups is 1. The molecule has 1 heterocycles. The van der Waals surface area contributed by atoms with E-state index in [-0.39, 0.29) is 5.97 Å². The van der Waals surface area contributed by atoms with Gasteiger partial charge in [-0.1, -0.05) is 18.5 Å². The molecule has 0 aliphatic carbocycles. The standard InChI is InChI=1S/C13H22ClN3O2/c1-5-7-15-13(4,12(18)19-6-2)9-17-10(3)11(14)8-16-17/h8,15H,5-7,9H2,1-4H3. The third-order valence-electron chi connectivity index (χ3n) is 3.00. The molecule has 1 aromatic rings. The molecule has 1 unspecified atom stereocenters. The predicted octanol–water partition coefficient (Wildman–Crippen LogP) is 2.17. The highest BCUT2D eigenvalue weighted by Crippen LogP contribution is 2.17. The van der Waals surface area contributed by atoms with E-state index in [0.29, 0.717) is 18.2 Å². The molecule has 0 saturated heterocycles. The summed E-state index contributed by atoms with van der Waals surface area (Å²) in [5.74, 6) is -0.269. The van der Waals surface area contributed by atoms with Crippen LogP contribution in [0.15, 0.2) is 6.20 Å². The molecule has 0 aromatic carbocycles. The highest BCUT2D eigenvalue weighted by atomic mass is 35.5. The molecule has 1 aromatic heterocycles. The highest BCUT2D eigenvalue weighted by Gasteiger charge is 2.35. The fraction of sp³-hybridized carbons (Fsp3) is 0.692. The van der Waals surface area contributed by atoms with Gasteiger partial charge in [-0.2, -0.15) is 5.10 Å². The zero-order chi connectivity index (χ0) is 14.5. The second-order valence-electron chi connectivity index (χ2n) is 4.71. The van der Waals surface area contributed by atoms with Crippen LogP contribution < -0.4 is 5.32 Å². The van der Waals surface area contributed by atoms with Gasteiger partial charge in [0.25, 0.3) is 0 Å². The third-order valence-corrected chi connectivity index (χ3v) is 3.37. The SMILES string of the molecule is CCCNC(C)(Cn1ncc(Cl)c1C)C(=O)OCC. The van der Waals surface area contributed by atoms with Crippen molar-refractivity contribution in [3.8, 4) is 0 Å². The molecule has 108 valence electrons. The highest BCUT2D eigenvalue weighted by molar-refractivity contribution is 6.31. The molecule has 0 bridgehead atoms. The lowest BCUT2D eigenvalue weighted by Gasteiger charge is -2.28. The van der Waals surface area contributed by atoms with Gasteiger partial charge in [0.15, 0.2) is 0 Å². The van der Waals surface area contributed by atoms with E-state index >= 15 is 0 Å². The first kappa shape index (κ1) is 16.0. The Labute approximate surface area is 119 Å². The number of carbonyl (C=O) groups excluding carboxylic acids is 1. The van der Waals surface area contributed by atoms with Gasteiger partial charge in [0, 0.05) is 0 Å². The predicted molar refractivity (Wildman–Crippen MR) is 75.3 cm³/mol. The normalized spacial score (nSPS) is 14.2. The van der Waals surface area contributed by atoms with Gasteiger partial charge in [0.05, 0.1) is 30.1 Å². The fourth-order valence-corrected chi connectivity index (χ4v) is 1.91. The molecule has 1 atom stereocenters. The van der Waals surface area contributed by atoms with Gasteiger partial charge in [-0.15, -0.1) is 0 Å². The number of hydrogen-bond acceptors (Lipinski definition) is 4. The fourth-order valence-electron chi connectivity index (χ4n) is 1.77. The summed E-state index contributed by atoms with van der Waals surface area (Å²) in [5, 5.41) is 8.02. The van der Waals surface area contributed by atoms with Crippen molar-refractivity contribution in [3.63, 3.8) is 0 Å². The van der Waals surface area contributed by atoms with Crippen molar-refractivity contribution in [2.24, 2.45) is 0 Å². The summed E-state index contributed by atoms with van der Waals surface area (Å²) in [6, 6.07) is 0. The molecule has 0 amide bonds. The lowest BCUT2D eigenvalue weighted by molar-refractivity contribution is -0.151. The smallest absolute Gasteiger partial charge is 0.327 e. The van der Waals surface area contributed by atoms with Crippen molar-refractivity contribution in [1.82, 2.24) is 15.1 Å². The van der Waals surface area contributed by atoms with E-state index < -0.39 is 5.54 Å². The number of ether oxygens (including phenoxy) is 1. The molecule has 0 aliphatic heterocycles. The van der Waals surface area contributed by atoms with Crippen molar-refractivity contribution >= 4 is 17.6 Å². The van der Waals surface area contributed by atoms with Gasteiger partial charge in [-0.05, 0) is 33.7 Å². The number of halogens is 1. The van der Waals surface area contributed by atoms with Gasteiger partial charge in [-0.3, -0.25) is 4.68 Å². The van der Waals surface area contributed by atoms with Crippen molar-refractivity contribution in [1.29, 1.82) is 0 Å². The minimum atomic E-state index is -0.799. The summed E-state index contributed by atoms with van der Waals surface area (Å²) in [6.45, 7) is 9.05. The first-order chi connectivity index (χ1) is 8.94. The lowest BCUT2D eigenvalue weighted by atomic mass is 10.0. The Morgan fingerprint density at radius 1 is 1.58 bits per heavy atom. The summed E-state index contributed by atoms with van der Waals surface area (Å²) in [6.07, 6.45) is 2.52. The van der Waals surface area contributed by atoms with Crippen LogP contribution in [0.2, 0.25) is 5.02 Å². The summed E-state index contributed by atoms with van der Waals surface area (Å²) in [4.78, 5) is 12.1. The molecule has 0 saturated carbocycles. The molecule has 5 nitrogen and oxygen atoms in total. The Bertz CT molecular complexity index is 434. The number of esters is 1. The van der Waals surface area contributed by atoms with E-state index in [1.165, 1.54) is 0 Å². The topological polar surface area (TPSA) is 56.2 Å². The number of nitrogens with zero attached hydrogens (tertiary/aromatic N) is 2. The Hall–Kier alpha value is -1.07. The molecule has 19 heavy (non-hydrogen) atoms. The van der Waals surface area contributed by atoms with Crippen LogP contribution in [0.1, 0.15) is 32.9 Å². The lowest BCUT2D eigenvalue weighted by Crippen LogP contribution is -2.54. The van der Waals surface area contributed by atoms with Crippen LogP contribution in [0, 0.1) is 6.92 Å². The summed E-state index contributed by atoms with van der Waals surface area (Å²) >= 11 is 5.98. The van der Waals surface area contributed by atoms with Crippen LogP contribution in [-0.4, -0.2) is 34.4 Å². The minimum absolute atomic E-state index is 0.269. The van der Waals surface area contributed by atoms with E-state index in [2.05, 4.69) is 17.3 Å². The molecule has 0 radical (unpaired) electrons. The summed E-state index contributed by atoms with van der Waals surface area (Å²) in [5.41, 5.74) is 0.0436. The first-order valence-electron chi connectivity index (χ1n) is 6.54. The van der Waals surface area contributed by atoms with Crippen molar-refractivity contribution in [2.45, 2.75) is 46.2 Å². The van der Waals surface area contributed by atoms with Crippen LogP contribution in [0.3, 0.4) is 0 Å². The second kappa shape index (κ2) is 6.91. The van der Waals surface area contributed by atoms with Crippen LogP contribution in [-0.2, 0) is 16.1 Å². The number of aromatic nitrogens is 2. The molecule has 1 rings (SSSR count). The molecule has 0 fully saturated rings. The summed E-state index contributed by atoms with van der Waals surface area (Å²) < 4.78 is 6.87. The van der Waals surface area contributed by atoms with Gasteiger partial charge >= 0.3 is 5.97 Å². The first-order valence-corrected chi connectivity index (χ1v) is 6.92. The Balaban J connectivity index is 2.90. The number of rotatable bonds is 7. The van der Waals surface area contributed by atoms with Crippen LogP contribution in [0.5, 0.6) is 0 Å². The van der Waals surface area contributed by atoms with E-state index in [4.69, 9.17) is 16.3 Å². The maximum Gasteiger partial charge on any atom is 0.327 e. The zero-order valence-corrected chi connectivity index (χ0v) is 12.8. The maximum absolute atomic E-state index is 12.1. The van der Waals surface area contributed by atoms with Gasteiger partial charge in [0.2, 0.25) is 0 Å². The van der Waals surface area contributed by atoms with Crippen molar-refractivity contribution in [2.75, 3.05) is 13.2 Å². The van der Waals surface area contributed by atoms with E-state index in [1.807, 2.05) is 13.8 Å². The summed E-state index contributed by atoms with van der Waals surface area (Å²) in [7, 11) is 0. The van der Waals surface area contributed by atoms with E-state index in [1.54, 1.807) is 17.8 Å². The largest absolute Gasteiger partial charge is 0.465 e. The Morgan fingerprint density at radius 3 is 2.74 bits per heavy atom. The van der Waals surface area contributed by atoms with Crippen molar-refractivity contribution in [3.05, 3.63) is 16.9 Å². The molecule has 1 N–H and O–H groups in total. The monoisotopic (exact) mass is 287 g/mol. The van der Waals surface area contributed by atoms with Gasteiger partial charge in [0.1, 0.15) is 5.54 Å². The zero-order valence-electron chi connectivity index (χ0n) is 12.0. The maximum atomic E-state index is 12.1. The average molecular weight is 288 g/mol. The van der Waals surface area contributed by atoms with Crippen LogP contribution >= 0.6 is 11.6 Å². The van der Waals surface area contributed by atoms with Crippen LogP contribution in [0.4, 0.5) is 0 Å². The molecular formula is C13H22ClN3O2. The average Bonchev–Trinajstić information content (AvgIpc) is 2.68. The van der Waals surface area contributed by atoms with Gasteiger partial charge < -0.3 is 10.1 Å². The molecular weight excluding hydrogens is 266 g/mol. The van der Waals surface area contributed by atoms with E-state index in [0.717, 1.165) is 18.7 Å². The molecule has 0 aliphatic rings. The Morgan fingerprint density at radius 2 is 2.26 bits per heavy atom. The van der Waals surface area contributed by atoms with Crippen molar-refractivity contribution < 1.29 is 9.53 Å². The van der Waals surface area contributed by atoms with E-state index in [9.17, 15) is 4.79 Å². The van der Waals surface area contributed by atoms with Gasteiger partial charge in [-0.25, -0.2) is 4.79 Å². The number of nitrogens with one attached hydrogen (secondary N) is 1. The van der Waals surface area contributed by atoms with Crippen LogP contribution in [0.25, 0.3) is 0 Å². The third kappa shape index (κ3) is 3.94. The second-order valence-corrected chi connectivity index (χ2v) is 5.12. The Kier molecular flexibility index (Phi) is 5.82. The molecule has 6 heteroatoms. The molecule has 0 spiro atoms. The minimum Gasteiger partial charge on any atom is -0.465 e. The quantitative estimate of drug-likeness (QED) is 0.781. The number of hydrogen-bond donors (Lipinski definition) is 1.